The van der Waals surface area contributed by atoms with E-state index in [0.29, 0.717) is 12.6 Å². The summed E-state index contributed by atoms with van der Waals surface area (Å²) >= 11 is 0. The molecule has 0 bridgehead atoms. The zero-order valence-corrected chi connectivity index (χ0v) is 14.1. The number of likely N-dealkylation sites (tertiary alicyclic amines) is 1. The van der Waals surface area contributed by atoms with Gasteiger partial charge in [0.15, 0.2) is 0 Å². The van der Waals surface area contributed by atoms with Crippen molar-refractivity contribution in [3.8, 4) is 0 Å². The summed E-state index contributed by atoms with van der Waals surface area (Å²) in [5.41, 5.74) is 0. The number of hydrogen-bond donors (Lipinski definition) is 0. The van der Waals surface area contributed by atoms with Gasteiger partial charge in [0.05, 0.1) is 18.8 Å². The van der Waals surface area contributed by atoms with E-state index in [4.69, 9.17) is 9.47 Å². The van der Waals surface area contributed by atoms with Crippen LogP contribution >= 0.6 is 0 Å². The standard InChI is InChI=1S/C17H27N3O3/c1-13(23-12-16-6-4-10-22-16)17(21)19-8-3-5-15(11-19)20-9-7-18-14(20)2/h7,9,13,15-16H,3-6,8,10-12H2,1-2H3/t13-,15+,16-/m0/s1. The first kappa shape index (κ1) is 16.5. The van der Waals surface area contributed by atoms with Gasteiger partial charge in [-0.05, 0) is 39.5 Å². The van der Waals surface area contributed by atoms with Gasteiger partial charge in [-0.1, -0.05) is 0 Å². The molecule has 1 amide bonds. The van der Waals surface area contributed by atoms with E-state index >= 15 is 0 Å². The Kier molecular flexibility index (Phi) is 5.33. The van der Waals surface area contributed by atoms with E-state index in [-0.39, 0.29) is 12.0 Å². The van der Waals surface area contributed by atoms with Crippen LogP contribution in [-0.2, 0) is 14.3 Å². The van der Waals surface area contributed by atoms with Crippen molar-refractivity contribution in [2.24, 2.45) is 0 Å². The van der Waals surface area contributed by atoms with E-state index in [2.05, 4.69) is 9.55 Å². The maximum Gasteiger partial charge on any atom is 0.251 e. The van der Waals surface area contributed by atoms with Crippen LogP contribution in [0, 0.1) is 6.92 Å². The smallest absolute Gasteiger partial charge is 0.251 e. The Morgan fingerprint density at radius 1 is 1.48 bits per heavy atom. The number of rotatable bonds is 5. The fraction of sp³-hybridized carbons (Fsp3) is 0.765. The third-order valence-corrected chi connectivity index (χ3v) is 4.87. The van der Waals surface area contributed by atoms with Gasteiger partial charge in [-0.15, -0.1) is 0 Å². The van der Waals surface area contributed by atoms with Gasteiger partial charge in [-0.3, -0.25) is 4.79 Å². The first-order valence-corrected chi connectivity index (χ1v) is 8.66. The van der Waals surface area contributed by atoms with Crippen molar-refractivity contribution in [3.63, 3.8) is 0 Å². The molecule has 3 heterocycles. The number of nitrogens with zero attached hydrogens (tertiary/aromatic N) is 3. The highest BCUT2D eigenvalue weighted by molar-refractivity contribution is 5.80. The molecule has 2 aliphatic rings. The molecule has 0 saturated carbocycles. The third-order valence-electron chi connectivity index (χ3n) is 4.87. The van der Waals surface area contributed by atoms with Crippen LogP contribution < -0.4 is 0 Å². The number of ether oxygens (including phenoxy) is 2. The van der Waals surface area contributed by atoms with Gasteiger partial charge in [0.25, 0.3) is 5.91 Å². The Labute approximate surface area is 137 Å². The molecule has 0 aliphatic carbocycles. The molecule has 0 N–H and O–H groups in total. The third kappa shape index (κ3) is 3.93. The largest absolute Gasteiger partial charge is 0.376 e. The predicted molar refractivity (Wildman–Crippen MR) is 86.2 cm³/mol. The van der Waals surface area contributed by atoms with Crippen molar-refractivity contribution in [1.29, 1.82) is 0 Å². The summed E-state index contributed by atoms with van der Waals surface area (Å²) in [5.74, 6) is 1.09. The minimum Gasteiger partial charge on any atom is -0.376 e. The summed E-state index contributed by atoms with van der Waals surface area (Å²) in [7, 11) is 0. The van der Waals surface area contributed by atoms with Crippen LogP contribution in [0.4, 0.5) is 0 Å². The summed E-state index contributed by atoms with van der Waals surface area (Å²) in [6.07, 6.45) is 7.82. The monoisotopic (exact) mass is 321 g/mol. The lowest BCUT2D eigenvalue weighted by Gasteiger charge is -2.35. The number of carbonyl (C=O) groups excluding carboxylic acids is 1. The minimum absolute atomic E-state index is 0.0884. The average Bonchev–Trinajstić information content (AvgIpc) is 3.23. The maximum atomic E-state index is 12.6. The Balaban J connectivity index is 1.52. The highest BCUT2D eigenvalue weighted by atomic mass is 16.5. The molecule has 0 aromatic carbocycles. The molecular formula is C17H27N3O3. The molecule has 128 valence electrons. The van der Waals surface area contributed by atoms with Crippen LogP contribution in [0.25, 0.3) is 0 Å². The van der Waals surface area contributed by atoms with E-state index in [1.807, 2.05) is 31.1 Å². The van der Waals surface area contributed by atoms with Crippen molar-refractivity contribution >= 4 is 5.91 Å². The molecule has 6 heteroatoms. The fourth-order valence-electron chi connectivity index (χ4n) is 3.51. The Bertz CT molecular complexity index is 525. The lowest BCUT2D eigenvalue weighted by Crippen LogP contribution is -2.45. The molecule has 0 spiro atoms. The van der Waals surface area contributed by atoms with Crippen LogP contribution in [0.15, 0.2) is 12.4 Å². The first-order valence-electron chi connectivity index (χ1n) is 8.66. The number of aryl methyl sites for hydroxylation is 1. The van der Waals surface area contributed by atoms with Crippen molar-refractivity contribution in [2.75, 3.05) is 26.3 Å². The van der Waals surface area contributed by atoms with E-state index in [1.54, 1.807) is 0 Å². The first-order chi connectivity index (χ1) is 11.1. The lowest BCUT2D eigenvalue weighted by atomic mass is 10.0. The molecule has 2 aliphatic heterocycles. The quantitative estimate of drug-likeness (QED) is 0.831. The molecule has 6 nitrogen and oxygen atoms in total. The van der Waals surface area contributed by atoms with E-state index in [9.17, 15) is 4.79 Å². The second-order valence-electron chi connectivity index (χ2n) is 6.57. The number of imidazole rings is 1. The molecule has 0 radical (unpaired) electrons. The second-order valence-corrected chi connectivity index (χ2v) is 6.57. The summed E-state index contributed by atoms with van der Waals surface area (Å²) in [4.78, 5) is 18.9. The molecule has 23 heavy (non-hydrogen) atoms. The van der Waals surface area contributed by atoms with E-state index < -0.39 is 6.10 Å². The number of amides is 1. The van der Waals surface area contributed by atoms with Gasteiger partial charge in [0.1, 0.15) is 11.9 Å². The fourth-order valence-corrected chi connectivity index (χ4v) is 3.51. The van der Waals surface area contributed by atoms with Crippen LogP contribution in [0.1, 0.15) is 44.5 Å². The predicted octanol–water partition coefficient (Wildman–Crippen LogP) is 1.94. The van der Waals surface area contributed by atoms with Crippen molar-refractivity contribution < 1.29 is 14.3 Å². The molecule has 1 aromatic rings. The lowest BCUT2D eigenvalue weighted by molar-refractivity contribution is -0.146. The zero-order chi connectivity index (χ0) is 16.2. The highest BCUT2D eigenvalue weighted by Gasteiger charge is 2.29. The Hall–Kier alpha value is -1.40. The Morgan fingerprint density at radius 2 is 2.35 bits per heavy atom. The van der Waals surface area contributed by atoms with E-state index in [1.165, 1.54) is 0 Å². The minimum atomic E-state index is -0.401. The normalized spacial score (nSPS) is 26.4. The maximum absolute atomic E-state index is 12.6. The van der Waals surface area contributed by atoms with Crippen LogP contribution in [0.3, 0.4) is 0 Å². The van der Waals surface area contributed by atoms with E-state index in [0.717, 1.165) is 51.2 Å². The topological polar surface area (TPSA) is 56.6 Å². The number of hydrogen-bond acceptors (Lipinski definition) is 4. The van der Waals surface area contributed by atoms with Gasteiger partial charge in [0, 0.05) is 32.1 Å². The Morgan fingerprint density at radius 3 is 3.04 bits per heavy atom. The van der Waals surface area contributed by atoms with Crippen molar-refractivity contribution in [1.82, 2.24) is 14.5 Å². The molecule has 0 unspecified atom stereocenters. The van der Waals surface area contributed by atoms with Gasteiger partial charge >= 0.3 is 0 Å². The summed E-state index contributed by atoms with van der Waals surface area (Å²) in [5, 5.41) is 0. The average molecular weight is 321 g/mol. The molecule has 3 rings (SSSR count). The summed E-state index contributed by atoms with van der Waals surface area (Å²) in [6, 6.07) is 0.320. The number of aromatic nitrogens is 2. The molecule has 2 saturated heterocycles. The molecule has 1 aromatic heterocycles. The highest BCUT2D eigenvalue weighted by Crippen LogP contribution is 2.23. The molecule has 3 atom stereocenters. The van der Waals surface area contributed by atoms with Crippen molar-refractivity contribution in [3.05, 3.63) is 18.2 Å². The van der Waals surface area contributed by atoms with Crippen molar-refractivity contribution in [2.45, 2.75) is 57.8 Å². The second kappa shape index (κ2) is 7.45. The van der Waals surface area contributed by atoms with Gasteiger partial charge < -0.3 is 18.9 Å². The van der Waals surface area contributed by atoms with Gasteiger partial charge in [-0.2, -0.15) is 0 Å². The summed E-state index contributed by atoms with van der Waals surface area (Å²) < 4.78 is 13.5. The number of piperidine rings is 1. The van der Waals surface area contributed by atoms with Crippen LogP contribution in [0.5, 0.6) is 0 Å². The van der Waals surface area contributed by atoms with Gasteiger partial charge in [0.2, 0.25) is 0 Å². The van der Waals surface area contributed by atoms with Gasteiger partial charge in [-0.25, -0.2) is 4.98 Å². The molecule has 2 fully saturated rings. The van der Waals surface area contributed by atoms with Crippen LogP contribution in [0.2, 0.25) is 0 Å². The number of carbonyl (C=O) groups is 1. The molecular weight excluding hydrogens is 294 g/mol. The van der Waals surface area contributed by atoms with Crippen LogP contribution in [-0.4, -0.2) is 58.9 Å². The SMILES string of the molecule is Cc1nccn1[C@@H]1CCCN(C(=O)[C@H](C)OC[C@@H]2CCCO2)C1. The zero-order valence-electron chi connectivity index (χ0n) is 14.1. The summed E-state index contributed by atoms with van der Waals surface area (Å²) in [6.45, 7) is 6.75.